The van der Waals surface area contributed by atoms with Gasteiger partial charge >= 0.3 is 0 Å². The minimum absolute atomic E-state index is 0.366. The lowest BCUT2D eigenvalue weighted by atomic mass is 10.1. The van der Waals surface area contributed by atoms with Crippen LogP contribution in [0.4, 0.5) is 0 Å². The van der Waals surface area contributed by atoms with Crippen molar-refractivity contribution >= 4 is 33.2 Å². The zero-order valence-electron chi connectivity index (χ0n) is 12.6. The molecule has 0 unspecified atom stereocenters. The second-order valence-corrected chi connectivity index (χ2v) is 6.54. The SMILES string of the molecule is C=C(/C=C\C(C)=NC(=S)NCCCCCCC)S(=O)(=O)O. The van der Waals surface area contributed by atoms with Gasteiger partial charge in [-0.15, -0.1) is 0 Å². The van der Waals surface area contributed by atoms with Crippen LogP contribution in [0, 0.1) is 0 Å². The molecule has 0 fully saturated rings. The fourth-order valence-electron chi connectivity index (χ4n) is 1.46. The summed E-state index contributed by atoms with van der Waals surface area (Å²) in [4.78, 5) is 3.72. The third kappa shape index (κ3) is 11.3. The Balaban J connectivity index is 4.11. The Kier molecular flexibility index (Phi) is 10.1. The largest absolute Gasteiger partial charge is 0.361 e. The van der Waals surface area contributed by atoms with Gasteiger partial charge in [0.05, 0.1) is 4.91 Å². The van der Waals surface area contributed by atoms with Gasteiger partial charge in [0.1, 0.15) is 0 Å². The van der Waals surface area contributed by atoms with Gasteiger partial charge in [-0.25, -0.2) is 4.99 Å². The number of nitrogens with zero attached hydrogens (tertiary/aromatic N) is 1. The monoisotopic (exact) mass is 332 g/mol. The first-order chi connectivity index (χ1) is 9.77. The van der Waals surface area contributed by atoms with E-state index in [-0.39, 0.29) is 4.91 Å². The molecule has 0 rings (SSSR count). The number of rotatable bonds is 9. The summed E-state index contributed by atoms with van der Waals surface area (Å²) >= 11 is 5.06. The molecule has 7 heteroatoms. The van der Waals surface area contributed by atoms with Crippen LogP contribution < -0.4 is 5.32 Å². The van der Waals surface area contributed by atoms with E-state index in [2.05, 4.69) is 23.8 Å². The molecule has 0 radical (unpaired) electrons. The Bertz CT molecular complexity index is 508. The first-order valence-electron chi connectivity index (χ1n) is 6.95. The normalized spacial score (nSPS) is 12.6. The highest BCUT2D eigenvalue weighted by molar-refractivity contribution is 7.90. The van der Waals surface area contributed by atoms with Crippen LogP contribution in [-0.4, -0.2) is 30.3 Å². The molecular weight excluding hydrogens is 308 g/mol. The van der Waals surface area contributed by atoms with Crippen molar-refractivity contribution in [3.05, 3.63) is 23.6 Å². The van der Waals surface area contributed by atoms with Gasteiger partial charge in [0.2, 0.25) is 0 Å². The van der Waals surface area contributed by atoms with Crippen molar-refractivity contribution < 1.29 is 13.0 Å². The molecule has 0 atom stereocenters. The fraction of sp³-hybridized carbons (Fsp3) is 0.571. The van der Waals surface area contributed by atoms with Crippen molar-refractivity contribution in [2.45, 2.75) is 46.0 Å². The van der Waals surface area contributed by atoms with Crippen molar-refractivity contribution in [2.75, 3.05) is 6.54 Å². The lowest BCUT2D eigenvalue weighted by Crippen LogP contribution is -2.21. The molecule has 5 nitrogen and oxygen atoms in total. The maximum Gasteiger partial charge on any atom is 0.293 e. The fourth-order valence-corrected chi connectivity index (χ4v) is 1.95. The lowest BCUT2D eigenvalue weighted by molar-refractivity contribution is 0.492. The number of allylic oxidation sites excluding steroid dienone is 2. The van der Waals surface area contributed by atoms with Crippen molar-refractivity contribution in [3.63, 3.8) is 0 Å². The Morgan fingerprint density at radius 2 is 1.90 bits per heavy atom. The molecular formula is C14H24N2O3S2. The van der Waals surface area contributed by atoms with E-state index in [0.717, 1.165) is 13.0 Å². The molecule has 0 bridgehead atoms. The molecule has 21 heavy (non-hydrogen) atoms. The number of hydrogen-bond acceptors (Lipinski definition) is 3. The summed E-state index contributed by atoms with van der Waals surface area (Å²) in [6, 6.07) is 0. The molecule has 0 aromatic rings. The van der Waals surface area contributed by atoms with Crippen molar-refractivity contribution in [1.29, 1.82) is 0 Å². The molecule has 0 aromatic heterocycles. The maximum absolute atomic E-state index is 10.7. The Labute approximate surface area is 133 Å². The zero-order chi connectivity index (χ0) is 16.3. The molecule has 120 valence electrons. The van der Waals surface area contributed by atoms with E-state index in [0.29, 0.717) is 10.8 Å². The first-order valence-corrected chi connectivity index (χ1v) is 8.79. The average Bonchev–Trinajstić information content (AvgIpc) is 2.38. The lowest BCUT2D eigenvalue weighted by Gasteiger charge is -2.04. The number of aliphatic imine (C=N–C) groups is 1. The van der Waals surface area contributed by atoms with Crippen molar-refractivity contribution in [1.82, 2.24) is 5.32 Å². The highest BCUT2D eigenvalue weighted by Crippen LogP contribution is 2.03. The summed E-state index contributed by atoms with van der Waals surface area (Å²) in [5, 5.41) is 3.39. The highest BCUT2D eigenvalue weighted by atomic mass is 32.2. The molecule has 0 aliphatic heterocycles. The zero-order valence-corrected chi connectivity index (χ0v) is 14.3. The first kappa shape index (κ1) is 19.9. The predicted molar refractivity (Wildman–Crippen MR) is 92.3 cm³/mol. The minimum atomic E-state index is -4.24. The number of nitrogens with one attached hydrogen (secondary N) is 1. The molecule has 0 spiro atoms. The summed E-state index contributed by atoms with van der Waals surface area (Å²) < 4.78 is 30.2. The van der Waals surface area contributed by atoms with Gasteiger partial charge in [0, 0.05) is 12.3 Å². The van der Waals surface area contributed by atoms with E-state index in [9.17, 15) is 8.42 Å². The third-order valence-corrected chi connectivity index (χ3v) is 3.71. The van der Waals surface area contributed by atoms with Gasteiger partial charge in [0.25, 0.3) is 10.1 Å². The van der Waals surface area contributed by atoms with Crippen LogP contribution in [0.15, 0.2) is 28.6 Å². The second kappa shape index (κ2) is 10.6. The van der Waals surface area contributed by atoms with Crippen LogP contribution in [0.3, 0.4) is 0 Å². The van der Waals surface area contributed by atoms with Crippen molar-refractivity contribution in [2.24, 2.45) is 4.99 Å². The Morgan fingerprint density at radius 1 is 1.29 bits per heavy atom. The minimum Gasteiger partial charge on any atom is -0.361 e. The van der Waals surface area contributed by atoms with Gasteiger partial charge < -0.3 is 5.32 Å². The van der Waals surface area contributed by atoms with E-state index in [1.54, 1.807) is 6.92 Å². The van der Waals surface area contributed by atoms with E-state index >= 15 is 0 Å². The number of hydrogen-bond donors (Lipinski definition) is 2. The van der Waals surface area contributed by atoms with E-state index in [4.69, 9.17) is 16.8 Å². The molecule has 0 amide bonds. The van der Waals surface area contributed by atoms with Gasteiger partial charge in [0.15, 0.2) is 5.11 Å². The van der Waals surface area contributed by atoms with Gasteiger partial charge in [-0.2, -0.15) is 8.42 Å². The van der Waals surface area contributed by atoms with Crippen LogP contribution in [0.25, 0.3) is 0 Å². The van der Waals surface area contributed by atoms with Crippen LogP contribution in [0.1, 0.15) is 46.0 Å². The molecule has 0 aromatic carbocycles. The van der Waals surface area contributed by atoms with Gasteiger partial charge in [-0.05, 0) is 37.7 Å². The molecule has 2 N–H and O–H groups in total. The van der Waals surface area contributed by atoms with E-state index in [1.165, 1.54) is 37.8 Å². The molecule has 0 saturated carbocycles. The predicted octanol–water partition coefficient (Wildman–Crippen LogP) is 3.25. The Morgan fingerprint density at radius 3 is 2.48 bits per heavy atom. The summed E-state index contributed by atoms with van der Waals surface area (Å²) in [7, 11) is -4.24. The second-order valence-electron chi connectivity index (χ2n) is 4.67. The maximum atomic E-state index is 10.7. The molecule has 0 heterocycles. The summed E-state index contributed by atoms with van der Waals surface area (Å²) in [5.74, 6) is 0. The molecule has 0 aliphatic carbocycles. The van der Waals surface area contributed by atoms with Gasteiger partial charge in [-0.3, -0.25) is 4.55 Å². The van der Waals surface area contributed by atoms with Crippen LogP contribution in [-0.2, 0) is 10.1 Å². The van der Waals surface area contributed by atoms with E-state index < -0.39 is 10.1 Å². The highest BCUT2D eigenvalue weighted by Gasteiger charge is 2.06. The smallest absolute Gasteiger partial charge is 0.293 e. The summed E-state index contributed by atoms with van der Waals surface area (Å²) in [5.41, 5.74) is 0.531. The quantitative estimate of drug-likeness (QED) is 0.223. The Hall–Kier alpha value is -1.05. The standard InChI is InChI=1S/C14H24N2O3S2/c1-4-5-6-7-8-11-15-14(20)16-12(2)9-10-13(3)21(17,18)19/h9-10H,3-8,11H2,1-2H3,(H,15,20)(H,17,18,19)/b10-9-,16-12?. The van der Waals surface area contributed by atoms with Gasteiger partial charge in [-0.1, -0.05) is 39.2 Å². The van der Waals surface area contributed by atoms with Crippen LogP contribution in [0.2, 0.25) is 0 Å². The topological polar surface area (TPSA) is 78.8 Å². The van der Waals surface area contributed by atoms with Crippen LogP contribution >= 0.6 is 12.2 Å². The van der Waals surface area contributed by atoms with Crippen LogP contribution in [0.5, 0.6) is 0 Å². The third-order valence-electron chi connectivity index (χ3n) is 2.68. The molecule has 0 saturated heterocycles. The molecule has 0 aliphatic rings. The summed E-state index contributed by atoms with van der Waals surface area (Å²) in [6.07, 6.45) is 8.53. The van der Waals surface area contributed by atoms with E-state index in [1.807, 2.05) is 0 Å². The summed E-state index contributed by atoms with van der Waals surface area (Å²) in [6.45, 7) is 7.87. The van der Waals surface area contributed by atoms with Crippen molar-refractivity contribution in [3.8, 4) is 0 Å². The number of unbranched alkanes of at least 4 members (excludes halogenated alkanes) is 4. The average molecular weight is 332 g/mol. The number of thiocarbonyl (C=S) groups is 1.